The molecule has 0 radical (unpaired) electrons. The van der Waals surface area contributed by atoms with Crippen LogP contribution in [0.2, 0.25) is 5.02 Å². The fourth-order valence-electron chi connectivity index (χ4n) is 7.61. The molecule has 278 valence electrons. The van der Waals surface area contributed by atoms with Gasteiger partial charge in [0, 0.05) is 35.1 Å². The van der Waals surface area contributed by atoms with Crippen LogP contribution >= 0.6 is 22.9 Å². The monoisotopic (exact) mass is 769 g/mol. The number of amides is 3. The molecule has 4 heterocycles. The second kappa shape index (κ2) is 13.6. The molecule has 7 rings (SSSR count). The van der Waals surface area contributed by atoms with E-state index in [0.29, 0.717) is 63.8 Å². The van der Waals surface area contributed by atoms with Crippen LogP contribution < -0.4 is 19.5 Å². The first-order valence-corrected chi connectivity index (χ1v) is 20.6. The zero-order chi connectivity index (χ0) is 37.3. The van der Waals surface area contributed by atoms with Gasteiger partial charge in [0.1, 0.15) is 44.9 Å². The van der Waals surface area contributed by atoms with E-state index in [9.17, 15) is 22.8 Å². The lowest BCUT2D eigenvalue weighted by Crippen LogP contribution is -2.59. The van der Waals surface area contributed by atoms with E-state index in [-0.39, 0.29) is 36.5 Å². The van der Waals surface area contributed by atoms with Gasteiger partial charge in [0.25, 0.3) is 5.91 Å². The van der Waals surface area contributed by atoms with Crippen LogP contribution in [0.3, 0.4) is 0 Å². The molecule has 4 fully saturated rings. The lowest BCUT2D eigenvalue weighted by atomic mass is 9.84. The molecule has 2 N–H and O–H groups in total. The minimum atomic E-state index is -3.85. The van der Waals surface area contributed by atoms with Crippen LogP contribution in [0.4, 0.5) is 0 Å². The summed E-state index contributed by atoms with van der Waals surface area (Å²) in [5.74, 6) is -0.993. The van der Waals surface area contributed by atoms with Crippen molar-refractivity contribution in [3.63, 3.8) is 0 Å². The van der Waals surface area contributed by atoms with Gasteiger partial charge < -0.3 is 19.7 Å². The highest BCUT2D eigenvalue weighted by molar-refractivity contribution is 7.91. The number of ether oxygens (including phenoxy) is 2. The standard InChI is InChI=1S/C37H44ClN5O7S2/c1-7-20-16-37(20,36(46)42-52(47,48)21-8-9-21)41-33(44)27-15-30(26-12-10-22(18(2)3)35(45)43(26)27)50-29-14-24(34-40-25(17-51-34)19(4)5)39-32-23(29)11-13-28(49-6)31(32)38/h7,11,13-14,17-22,26-27,30H,1,8-10,12,15-16H2,2-6H3,(H,41,44)(H,42,46)/t20-,22-,26-,27+,30-,37-/m1/s1. The van der Waals surface area contributed by atoms with E-state index in [2.05, 4.69) is 30.5 Å². The third kappa shape index (κ3) is 6.44. The predicted octanol–water partition coefficient (Wildman–Crippen LogP) is 5.60. The number of fused-ring (bicyclic) bond motifs is 2. The van der Waals surface area contributed by atoms with E-state index in [1.165, 1.54) is 18.4 Å². The van der Waals surface area contributed by atoms with Crippen molar-refractivity contribution in [2.75, 3.05) is 7.11 Å². The largest absolute Gasteiger partial charge is 0.495 e. The van der Waals surface area contributed by atoms with Gasteiger partial charge >= 0.3 is 0 Å². The van der Waals surface area contributed by atoms with Crippen molar-refractivity contribution in [3.8, 4) is 22.2 Å². The van der Waals surface area contributed by atoms with Gasteiger partial charge in [-0.1, -0.05) is 45.4 Å². The van der Waals surface area contributed by atoms with E-state index in [0.717, 1.165) is 5.69 Å². The highest BCUT2D eigenvalue weighted by Crippen LogP contribution is 2.47. The Bertz CT molecular complexity index is 2070. The molecule has 12 nitrogen and oxygen atoms in total. The van der Waals surface area contributed by atoms with Gasteiger partial charge in [-0.15, -0.1) is 17.9 Å². The van der Waals surface area contributed by atoms with Gasteiger partial charge in [0.15, 0.2) is 0 Å². The molecule has 15 heteroatoms. The molecule has 52 heavy (non-hydrogen) atoms. The molecule has 0 bridgehead atoms. The van der Waals surface area contributed by atoms with Crippen molar-refractivity contribution in [1.82, 2.24) is 24.9 Å². The molecule has 0 spiro atoms. The van der Waals surface area contributed by atoms with Crippen LogP contribution in [0.1, 0.15) is 77.8 Å². The molecule has 4 aliphatic rings. The summed E-state index contributed by atoms with van der Waals surface area (Å²) in [6.07, 6.45) is 3.54. The fraction of sp³-hybridized carbons (Fsp3) is 0.541. The lowest BCUT2D eigenvalue weighted by molar-refractivity contribution is -0.149. The number of benzene rings is 1. The van der Waals surface area contributed by atoms with E-state index < -0.39 is 56.7 Å². The first kappa shape index (κ1) is 36.6. The third-order valence-electron chi connectivity index (χ3n) is 11.0. The number of halogens is 1. The number of hydrogen-bond donors (Lipinski definition) is 2. The van der Waals surface area contributed by atoms with Crippen molar-refractivity contribution in [3.05, 3.63) is 47.0 Å². The summed E-state index contributed by atoms with van der Waals surface area (Å²) in [7, 11) is -2.32. The SMILES string of the molecule is C=C[C@@H]1C[C@]1(NC(=O)[C@@H]1C[C@@H](Oc2cc(-c3nc(C(C)C)cs3)nc3c(Cl)c(OC)ccc23)[C@H]2CC[C@H](C(C)C)C(=O)N21)C(=O)NS(=O)(=O)C1CC1. The van der Waals surface area contributed by atoms with Crippen LogP contribution in [0.15, 0.2) is 36.2 Å². The maximum Gasteiger partial charge on any atom is 0.259 e. The molecule has 0 unspecified atom stereocenters. The van der Waals surface area contributed by atoms with Crippen molar-refractivity contribution in [2.24, 2.45) is 17.8 Å². The third-order valence-corrected chi connectivity index (χ3v) is 14.0. The molecule has 6 atom stereocenters. The van der Waals surface area contributed by atoms with Crippen LogP contribution in [0.25, 0.3) is 21.6 Å². The quantitative estimate of drug-likeness (QED) is 0.224. The first-order valence-electron chi connectivity index (χ1n) is 17.8. The number of methoxy groups -OCH3 is 1. The molecule has 2 aliphatic heterocycles. The summed E-state index contributed by atoms with van der Waals surface area (Å²) in [5.41, 5.74) is 0.501. The molecular weight excluding hydrogens is 726 g/mol. The number of aromatic nitrogens is 2. The molecule has 3 aromatic rings. The van der Waals surface area contributed by atoms with Crippen molar-refractivity contribution in [1.29, 1.82) is 0 Å². The number of carbonyl (C=O) groups is 3. The Hall–Kier alpha value is -3.75. The molecule has 2 saturated carbocycles. The van der Waals surface area contributed by atoms with Crippen LogP contribution in [-0.4, -0.2) is 77.1 Å². The summed E-state index contributed by atoms with van der Waals surface area (Å²) < 4.78 is 39.9. The summed E-state index contributed by atoms with van der Waals surface area (Å²) >= 11 is 8.29. The second-order valence-electron chi connectivity index (χ2n) is 15.0. The maximum absolute atomic E-state index is 14.3. The van der Waals surface area contributed by atoms with Gasteiger partial charge in [-0.3, -0.25) is 19.1 Å². The van der Waals surface area contributed by atoms with Gasteiger partial charge in [-0.2, -0.15) is 0 Å². The smallest absolute Gasteiger partial charge is 0.259 e. The minimum Gasteiger partial charge on any atom is -0.495 e. The van der Waals surface area contributed by atoms with Gasteiger partial charge in [-0.25, -0.2) is 18.4 Å². The average molecular weight is 770 g/mol. The number of piperidine rings is 1. The number of thiazole rings is 1. The van der Waals surface area contributed by atoms with Gasteiger partial charge in [0.2, 0.25) is 21.8 Å². The number of rotatable bonds is 12. The molecule has 2 aromatic heterocycles. The molecular formula is C37H44ClN5O7S2. The Morgan fingerprint density at radius 1 is 1.13 bits per heavy atom. The van der Waals surface area contributed by atoms with E-state index >= 15 is 0 Å². The normalized spacial score (nSPS) is 27.1. The van der Waals surface area contributed by atoms with E-state index in [1.54, 1.807) is 17.0 Å². The Morgan fingerprint density at radius 3 is 2.50 bits per heavy atom. The minimum absolute atomic E-state index is 0.0494. The van der Waals surface area contributed by atoms with Crippen molar-refractivity contribution < 1.29 is 32.3 Å². The topological polar surface area (TPSA) is 157 Å². The summed E-state index contributed by atoms with van der Waals surface area (Å²) in [6, 6.07) is 4.01. The predicted molar refractivity (Wildman–Crippen MR) is 199 cm³/mol. The average Bonchev–Trinajstić information content (AvgIpc) is 3.99. The number of nitrogens with zero attached hydrogens (tertiary/aromatic N) is 3. The van der Waals surface area contributed by atoms with Crippen molar-refractivity contribution >= 4 is 61.6 Å². The van der Waals surface area contributed by atoms with Crippen LogP contribution in [0, 0.1) is 17.8 Å². The summed E-state index contributed by atoms with van der Waals surface area (Å²) in [5, 5.41) is 5.93. The van der Waals surface area contributed by atoms with E-state index in [4.69, 9.17) is 31.0 Å². The second-order valence-corrected chi connectivity index (χ2v) is 18.2. The Balaban J connectivity index is 1.23. The first-order chi connectivity index (χ1) is 24.7. The number of nitrogens with one attached hydrogen (secondary N) is 2. The van der Waals surface area contributed by atoms with Crippen molar-refractivity contribution in [2.45, 2.75) is 101 Å². The summed E-state index contributed by atoms with van der Waals surface area (Å²) in [6.45, 7) is 11.9. The lowest BCUT2D eigenvalue weighted by Gasteiger charge is -2.40. The fourth-order valence-corrected chi connectivity index (χ4v) is 10.2. The number of sulfonamides is 1. The van der Waals surface area contributed by atoms with Gasteiger partial charge in [-0.05, 0) is 56.1 Å². The van der Waals surface area contributed by atoms with Crippen LogP contribution in [0.5, 0.6) is 11.5 Å². The van der Waals surface area contributed by atoms with E-state index in [1.807, 2.05) is 31.4 Å². The molecule has 2 aliphatic carbocycles. The zero-order valence-corrected chi connectivity index (χ0v) is 32.2. The number of hydrogen-bond acceptors (Lipinski definition) is 10. The zero-order valence-electron chi connectivity index (χ0n) is 29.8. The highest BCUT2D eigenvalue weighted by Gasteiger charge is 2.62. The molecule has 3 amide bonds. The Kier molecular flexibility index (Phi) is 9.56. The van der Waals surface area contributed by atoms with Crippen LogP contribution in [-0.2, 0) is 24.4 Å². The Morgan fingerprint density at radius 2 is 1.88 bits per heavy atom. The maximum atomic E-state index is 14.3. The number of carbonyl (C=O) groups excluding carboxylic acids is 3. The Labute approximate surface area is 312 Å². The molecule has 1 aromatic carbocycles. The highest BCUT2D eigenvalue weighted by atomic mass is 35.5. The summed E-state index contributed by atoms with van der Waals surface area (Å²) in [4.78, 5) is 53.3. The molecule has 2 saturated heterocycles. The van der Waals surface area contributed by atoms with Gasteiger partial charge in [0.05, 0.1) is 29.6 Å². The number of pyridine rings is 1.